The van der Waals surface area contributed by atoms with Crippen molar-refractivity contribution in [1.82, 2.24) is 4.98 Å². The van der Waals surface area contributed by atoms with Crippen molar-refractivity contribution in [3.05, 3.63) is 35.8 Å². The standard InChI is InChI=1S/C25H31FN2O5/c1-3-33-21-14-18(31-2)13-19(23(21)26)20-15-27-22(12-17(20)7-6-16-4-5-16)28-25(24(29)30)8-10-32-11-9-25/h12-16H,3-11H2,1-2H3,(H,27,28)(H,29,30). The third-order valence-corrected chi connectivity index (χ3v) is 6.47. The zero-order valence-corrected chi connectivity index (χ0v) is 19.2. The molecule has 1 saturated heterocycles. The van der Waals surface area contributed by atoms with Crippen LogP contribution in [0.3, 0.4) is 0 Å². The van der Waals surface area contributed by atoms with Gasteiger partial charge in [0.25, 0.3) is 0 Å². The van der Waals surface area contributed by atoms with Crippen molar-refractivity contribution in [2.24, 2.45) is 5.92 Å². The number of methoxy groups -OCH3 is 1. The van der Waals surface area contributed by atoms with Crippen molar-refractivity contribution >= 4 is 11.8 Å². The van der Waals surface area contributed by atoms with Crippen molar-refractivity contribution in [2.45, 2.75) is 51.0 Å². The van der Waals surface area contributed by atoms with Crippen LogP contribution in [0.25, 0.3) is 11.1 Å². The van der Waals surface area contributed by atoms with Crippen LogP contribution >= 0.6 is 0 Å². The van der Waals surface area contributed by atoms with Crippen LogP contribution in [-0.4, -0.2) is 48.5 Å². The van der Waals surface area contributed by atoms with Crippen LogP contribution in [-0.2, 0) is 16.0 Å². The zero-order valence-electron chi connectivity index (χ0n) is 19.2. The third kappa shape index (κ3) is 5.21. The second-order valence-corrected chi connectivity index (χ2v) is 8.75. The summed E-state index contributed by atoms with van der Waals surface area (Å²) in [6, 6.07) is 5.05. The summed E-state index contributed by atoms with van der Waals surface area (Å²) in [5, 5.41) is 13.0. The first-order valence-corrected chi connectivity index (χ1v) is 11.5. The molecule has 1 saturated carbocycles. The van der Waals surface area contributed by atoms with Gasteiger partial charge in [-0.3, -0.25) is 0 Å². The molecule has 2 aliphatic rings. The van der Waals surface area contributed by atoms with Gasteiger partial charge in [0.15, 0.2) is 11.6 Å². The molecule has 1 aromatic carbocycles. The first-order chi connectivity index (χ1) is 16.0. The number of carboxylic acids is 1. The number of carbonyl (C=O) groups is 1. The van der Waals surface area contributed by atoms with Gasteiger partial charge in [-0.05, 0) is 43.4 Å². The summed E-state index contributed by atoms with van der Waals surface area (Å²) >= 11 is 0. The highest BCUT2D eigenvalue weighted by Gasteiger charge is 2.40. The van der Waals surface area contributed by atoms with Crippen LogP contribution in [0.15, 0.2) is 24.4 Å². The van der Waals surface area contributed by atoms with E-state index in [0.717, 1.165) is 18.4 Å². The Hall–Kier alpha value is -2.87. The fourth-order valence-electron chi connectivity index (χ4n) is 4.29. The average Bonchev–Trinajstić information content (AvgIpc) is 3.65. The maximum Gasteiger partial charge on any atom is 0.329 e. The Bertz CT molecular complexity index is 1000. The molecule has 2 N–H and O–H groups in total. The Kier molecular flexibility index (Phi) is 7.02. The first-order valence-electron chi connectivity index (χ1n) is 11.5. The minimum atomic E-state index is -1.12. The molecule has 2 heterocycles. The second-order valence-electron chi connectivity index (χ2n) is 8.75. The predicted octanol–water partition coefficient (Wildman–Crippen LogP) is 4.68. The van der Waals surface area contributed by atoms with Gasteiger partial charge >= 0.3 is 5.97 Å². The molecule has 1 aliphatic heterocycles. The molecule has 0 bridgehead atoms. The van der Waals surface area contributed by atoms with Crippen LogP contribution in [0.2, 0.25) is 0 Å². The molecule has 1 aliphatic carbocycles. The van der Waals surface area contributed by atoms with Gasteiger partial charge in [-0.15, -0.1) is 0 Å². The van der Waals surface area contributed by atoms with E-state index in [-0.39, 0.29) is 5.75 Å². The van der Waals surface area contributed by atoms with Gasteiger partial charge in [0.05, 0.1) is 13.7 Å². The van der Waals surface area contributed by atoms with Gasteiger partial charge < -0.3 is 24.6 Å². The lowest BCUT2D eigenvalue weighted by Crippen LogP contribution is -2.50. The van der Waals surface area contributed by atoms with Crippen LogP contribution in [0.5, 0.6) is 11.5 Å². The highest BCUT2D eigenvalue weighted by atomic mass is 19.1. The zero-order chi connectivity index (χ0) is 23.4. The van der Waals surface area contributed by atoms with E-state index in [1.807, 2.05) is 6.07 Å². The number of halogens is 1. The summed E-state index contributed by atoms with van der Waals surface area (Å²) in [5.74, 6) is 0.418. The summed E-state index contributed by atoms with van der Waals surface area (Å²) in [4.78, 5) is 16.6. The van der Waals surface area contributed by atoms with Crippen LogP contribution in [0.1, 0.15) is 44.6 Å². The van der Waals surface area contributed by atoms with Crippen molar-refractivity contribution in [2.75, 3.05) is 32.2 Å². The van der Waals surface area contributed by atoms with Crippen molar-refractivity contribution in [3.8, 4) is 22.6 Å². The van der Waals surface area contributed by atoms with E-state index < -0.39 is 17.3 Å². The molecular formula is C25H31FN2O5. The van der Waals surface area contributed by atoms with E-state index >= 15 is 4.39 Å². The molecule has 1 aromatic heterocycles. The number of nitrogens with one attached hydrogen (secondary N) is 1. The molecule has 7 nitrogen and oxygen atoms in total. The fourth-order valence-corrected chi connectivity index (χ4v) is 4.29. The molecule has 0 spiro atoms. The monoisotopic (exact) mass is 458 g/mol. The van der Waals surface area contributed by atoms with Crippen LogP contribution in [0, 0.1) is 11.7 Å². The van der Waals surface area contributed by atoms with Crippen LogP contribution in [0.4, 0.5) is 10.2 Å². The topological polar surface area (TPSA) is 89.9 Å². The molecule has 4 rings (SSSR count). The number of carboxylic acid groups (broad SMARTS) is 1. The van der Waals surface area contributed by atoms with Gasteiger partial charge in [0.1, 0.15) is 17.1 Å². The lowest BCUT2D eigenvalue weighted by Gasteiger charge is -2.34. The van der Waals surface area contributed by atoms with Crippen molar-refractivity contribution < 1.29 is 28.5 Å². The Morgan fingerprint density at radius 1 is 1.27 bits per heavy atom. The Balaban J connectivity index is 1.73. The SMILES string of the molecule is CCOc1cc(OC)cc(-c2cnc(NC3(C(=O)O)CCOCC3)cc2CCC2CC2)c1F. The highest BCUT2D eigenvalue weighted by Crippen LogP contribution is 2.39. The molecule has 0 radical (unpaired) electrons. The van der Waals surface area contributed by atoms with Gasteiger partial charge in [0, 0.05) is 49.4 Å². The average molecular weight is 459 g/mol. The first kappa shape index (κ1) is 23.3. The van der Waals surface area contributed by atoms with E-state index in [2.05, 4.69) is 10.3 Å². The molecule has 8 heteroatoms. The number of pyridine rings is 1. The van der Waals surface area contributed by atoms with E-state index in [9.17, 15) is 9.90 Å². The third-order valence-electron chi connectivity index (χ3n) is 6.47. The van der Waals surface area contributed by atoms with Crippen molar-refractivity contribution in [3.63, 3.8) is 0 Å². The number of hydrogen-bond donors (Lipinski definition) is 2. The number of benzene rings is 1. The molecule has 2 aromatic rings. The number of rotatable bonds is 10. The largest absolute Gasteiger partial charge is 0.497 e. The normalized spacial score (nSPS) is 17.4. The van der Waals surface area contributed by atoms with E-state index in [4.69, 9.17) is 14.2 Å². The predicted molar refractivity (Wildman–Crippen MR) is 122 cm³/mol. The van der Waals surface area contributed by atoms with E-state index in [1.54, 1.807) is 19.2 Å². The molecule has 0 atom stereocenters. The van der Waals surface area contributed by atoms with Gasteiger partial charge in [-0.25, -0.2) is 14.2 Å². The molecule has 33 heavy (non-hydrogen) atoms. The lowest BCUT2D eigenvalue weighted by molar-refractivity contribution is -0.145. The number of anilines is 1. The fraction of sp³-hybridized carbons (Fsp3) is 0.520. The molecule has 2 fully saturated rings. The minimum absolute atomic E-state index is 0.134. The molecule has 0 unspecified atom stereocenters. The number of aromatic nitrogens is 1. The number of nitrogens with zero attached hydrogens (tertiary/aromatic N) is 1. The maximum atomic E-state index is 15.4. The quantitative estimate of drug-likeness (QED) is 0.534. The number of aliphatic carboxylic acids is 1. The number of aryl methyl sites for hydroxylation is 1. The summed E-state index contributed by atoms with van der Waals surface area (Å²) < 4.78 is 31.6. The van der Waals surface area contributed by atoms with Gasteiger partial charge in [-0.1, -0.05) is 12.8 Å². The number of hydrogen-bond acceptors (Lipinski definition) is 6. The smallest absolute Gasteiger partial charge is 0.329 e. The van der Waals surface area contributed by atoms with E-state index in [1.165, 1.54) is 26.0 Å². The maximum absolute atomic E-state index is 15.4. The second kappa shape index (κ2) is 9.95. The summed E-state index contributed by atoms with van der Waals surface area (Å²) in [7, 11) is 1.53. The van der Waals surface area contributed by atoms with Crippen LogP contribution < -0.4 is 14.8 Å². The Labute approximate surface area is 193 Å². The number of ether oxygens (including phenoxy) is 3. The molecular weight excluding hydrogens is 427 g/mol. The Morgan fingerprint density at radius 3 is 2.67 bits per heavy atom. The van der Waals surface area contributed by atoms with Gasteiger partial charge in [0.2, 0.25) is 0 Å². The molecule has 178 valence electrons. The van der Waals surface area contributed by atoms with Crippen molar-refractivity contribution in [1.29, 1.82) is 0 Å². The lowest BCUT2D eigenvalue weighted by atomic mass is 9.90. The highest BCUT2D eigenvalue weighted by molar-refractivity contribution is 5.83. The van der Waals surface area contributed by atoms with Gasteiger partial charge in [-0.2, -0.15) is 0 Å². The summed E-state index contributed by atoms with van der Waals surface area (Å²) in [5.41, 5.74) is 0.822. The Morgan fingerprint density at radius 2 is 2.03 bits per heavy atom. The summed E-state index contributed by atoms with van der Waals surface area (Å²) in [6.45, 7) is 2.89. The van der Waals surface area contributed by atoms with E-state index in [0.29, 0.717) is 61.3 Å². The molecule has 0 amide bonds. The summed E-state index contributed by atoms with van der Waals surface area (Å²) in [6.07, 6.45) is 6.51. The minimum Gasteiger partial charge on any atom is -0.497 e.